The van der Waals surface area contributed by atoms with Crippen LogP contribution in [0.4, 0.5) is 4.79 Å². The number of ether oxygens (including phenoxy) is 1. The van der Waals surface area contributed by atoms with Crippen LogP contribution in [0, 0.1) is 5.92 Å². The van der Waals surface area contributed by atoms with Crippen LogP contribution in [0.25, 0.3) is 0 Å². The summed E-state index contributed by atoms with van der Waals surface area (Å²) in [4.78, 5) is 17.3. The number of carbonyl (C=O) groups excluding carboxylic acids is 1. The lowest BCUT2D eigenvalue weighted by atomic mass is 9.83. The van der Waals surface area contributed by atoms with E-state index in [0.717, 1.165) is 45.3 Å². The molecule has 1 aliphatic carbocycles. The number of nitrogens with one attached hydrogen (secondary N) is 1. The molecule has 1 N–H and O–H groups in total. The molecule has 3 aliphatic rings. The highest BCUT2D eigenvalue weighted by atomic mass is 16.5. The second-order valence-electron chi connectivity index (χ2n) is 7.56. The number of likely N-dealkylation sites (tertiary alicyclic amines) is 1. The molecule has 0 unspecified atom stereocenters. The zero-order chi connectivity index (χ0) is 16.1. The smallest absolute Gasteiger partial charge is 0.317 e. The number of hydrogen-bond acceptors (Lipinski definition) is 3. The Labute approximate surface area is 140 Å². The molecule has 2 aliphatic heterocycles. The van der Waals surface area contributed by atoms with E-state index in [9.17, 15) is 4.79 Å². The van der Waals surface area contributed by atoms with E-state index in [2.05, 4.69) is 22.0 Å². The van der Waals surface area contributed by atoms with Crippen LogP contribution in [0.3, 0.4) is 0 Å². The van der Waals surface area contributed by atoms with Gasteiger partial charge in [0.2, 0.25) is 0 Å². The molecule has 3 rings (SSSR count). The van der Waals surface area contributed by atoms with Crippen LogP contribution in [0.2, 0.25) is 0 Å². The minimum absolute atomic E-state index is 0.166. The number of carbonyl (C=O) groups is 1. The van der Waals surface area contributed by atoms with Crippen molar-refractivity contribution in [1.29, 1.82) is 0 Å². The van der Waals surface area contributed by atoms with Gasteiger partial charge >= 0.3 is 6.03 Å². The molecule has 0 spiro atoms. The Hall–Kier alpha value is -0.810. The molecule has 0 aromatic heterocycles. The third-order valence-electron chi connectivity index (χ3n) is 5.76. The Morgan fingerprint density at radius 1 is 1.09 bits per heavy atom. The fourth-order valence-corrected chi connectivity index (χ4v) is 4.56. The zero-order valence-corrected chi connectivity index (χ0v) is 14.6. The summed E-state index contributed by atoms with van der Waals surface area (Å²) in [5.74, 6) is 0.742. The number of amides is 2. The lowest BCUT2D eigenvalue weighted by molar-refractivity contribution is 0.0345. The lowest BCUT2D eigenvalue weighted by Gasteiger charge is -2.35. The molecule has 0 radical (unpaired) electrons. The van der Waals surface area contributed by atoms with Gasteiger partial charge in [-0.05, 0) is 38.5 Å². The minimum atomic E-state index is 0.166. The Balaban J connectivity index is 1.47. The Morgan fingerprint density at radius 3 is 2.57 bits per heavy atom. The van der Waals surface area contributed by atoms with Gasteiger partial charge in [-0.1, -0.05) is 19.3 Å². The molecule has 2 amide bonds. The summed E-state index contributed by atoms with van der Waals surface area (Å²) in [5, 5.41) is 3.24. The normalized spacial score (nSPS) is 28.7. The van der Waals surface area contributed by atoms with Gasteiger partial charge in [0.15, 0.2) is 0 Å². The van der Waals surface area contributed by atoms with Gasteiger partial charge in [0.1, 0.15) is 0 Å². The van der Waals surface area contributed by atoms with Crippen molar-refractivity contribution in [2.45, 2.75) is 64.0 Å². The van der Waals surface area contributed by atoms with E-state index in [1.807, 2.05) is 0 Å². The van der Waals surface area contributed by atoms with Crippen molar-refractivity contribution in [3.05, 3.63) is 0 Å². The van der Waals surface area contributed by atoms with Crippen molar-refractivity contribution < 1.29 is 9.53 Å². The van der Waals surface area contributed by atoms with Gasteiger partial charge in [-0.3, -0.25) is 4.90 Å². The van der Waals surface area contributed by atoms with Crippen LogP contribution < -0.4 is 5.32 Å². The molecule has 5 nitrogen and oxygen atoms in total. The predicted octanol–water partition coefficient (Wildman–Crippen LogP) is 2.46. The SMILES string of the molecule is C[C@H](CN1CCOCC1)NC(=O)N1CCC[C@@H]1C1CCCCC1. The maximum Gasteiger partial charge on any atom is 0.317 e. The summed E-state index contributed by atoms with van der Waals surface area (Å²) in [6, 6.07) is 0.859. The Bertz CT molecular complexity index is 378. The average Bonchev–Trinajstić information content (AvgIpc) is 3.06. The van der Waals surface area contributed by atoms with E-state index in [0.29, 0.717) is 6.04 Å². The van der Waals surface area contributed by atoms with Crippen LogP contribution in [-0.2, 0) is 4.74 Å². The number of morpholine rings is 1. The summed E-state index contributed by atoms with van der Waals surface area (Å²) in [6.07, 6.45) is 9.10. The van der Waals surface area contributed by atoms with E-state index in [1.165, 1.54) is 44.9 Å². The van der Waals surface area contributed by atoms with Crippen LogP contribution in [-0.4, -0.2) is 67.3 Å². The van der Waals surface area contributed by atoms with Crippen molar-refractivity contribution in [2.75, 3.05) is 39.4 Å². The van der Waals surface area contributed by atoms with Gasteiger partial charge < -0.3 is 15.0 Å². The molecular weight excluding hydrogens is 290 g/mol. The molecular formula is C18H33N3O2. The van der Waals surface area contributed by atoms with Gasteiger partial charge in [-0.25, -0.2) is 4.79 Å². The molecule has 2 saturated heterocycles. The molecule has 2 atom stereocenters. The maximum absolute atomic E-state index is 12.7. The first-order chi connectivity index (χ1) is 11.2. The standard InChI is InChI=1S/C18H33N3O2/c1-15(14-20-10-12-23-13-11-20)19-18(22)21-9-5-8-17(21)16-6-3-2-4-7-16/h15-17H,2-14H2,1H3,(H,19,22)/t15-,17-/m1/s1. The molecule has 0 aromatic rings. The largest absolute Gasteiger partial charge is 0.379 e. The minimum Gasteiger partial charge on any atom is -0.379 e. The Kier molecular flexibility index (Phi) is 6.17. The van der Waals surface area contributed by atoms with Crippen LogP contribution in [0.5, 0.6) is 0 Å². The molecule has 2 heterocycles. The van der Waals surface area contributed by atoms with E-state index >= 15 is 0 Å². The van der Waals surface area contributed by atoms with Crippen molar-refractivity contribution >= 4 is 6.03 Å². The molecule has 132 valence electrons. The summed E-state index contributed by atoms with van der Waals surface area (Å²) in [5.41, 5.74) is 0. The number of nitrogens with zero attached hydrogens (tertiary/aromatic N) is 2. The summed E-state index contributed by atoms with van der Waals surface area (Å²) in [6.45, 7) is 7.59. The van der Waals surface area contributed by atoms with Gasteiger partial charge in [-0.2, -0.15) is 0 Å². The first kappa shape index (κ1) is 17.0. The van der Waals surface area contributed by atoms with Gasteiger partial charge in [0.25, 0.3) is 0 Å². The predicted molar refractivity (Wildman–Crippen MR) is 91.6 cm³/mol. The topological polar surface area (TPSA) is 44.8 Å². The number of hydrogen-bond donors (Lipinski definition) is 1. The summed E-state index contributed by atoms with van der Waals surface area (Å²) < 4.78 is 5.39. The van der Waals surface area contributed by atoms with Crippen LogP contribution >= 0.6 is 0 Å². The Morgan fingerprint density at radius 2 is 1.83 bits per heavy atom. The monoisotopic (exact) mass is 323 g/mol. The quantitative estimate of drug-likeness (QED) is 0.864. The second-order valence-corrected chi connectivity index (χ2v) is 7.56. The third-order valence-corrected chi connectivity index (χ3v) is 5.76. The fourth-order valence-electron chi connectivity index (χ4n) is 4.56. The molecule has 3 fully saturated rings. The highest BCUT2D eigenvalue weighted by molar-refractivity contribution is 5.75. The van der Waals surface area contributed by atoms with Gasteiger partial charge in [-0.15, -0.1) is 0 Å². The van der Waals surface area contributed by atoms with Crippen molar-refractivity contribution in [3.8, 4) is 0 Å². The first-order valence-corrected chi connectivity index (χ1v) is 9.61. The van der Waals surface area contributed by atoms with E-state index in [-0.39, 0.29) is 12.1 Å². The van der Waals surface area contributed by atoms with Crippen LogP contribution in [0.1, 0.15) is 51.9 Å². The van der Waals surface area contributed by atoms with Gasteiger partial charge in [0.05, 0.1) is 13.2 Å². The maximum atomic E-state index is 12.7. The molecule has 0 bridgehead atoms. The fraction of sp³-hybridized carbons (Fsp3) is 0.944. The van der Waals surface area contributed by atoms with E-state index < -0.39 is 0 Å². The third kappa shape index (κ3) is 4.60. The zero-order valence-electron chi connectivity index (χ0n) is 14.6. The number of urea groups is 1. The van der Waals surface area contributed by atoms with E-state index in [1.54, 1.807) is 0 Å². The average molecular weight is 323 g/mol. The van der Waals surface area contributed by atoms with Crippen molar-refractivity contribution in [1.82, 2.24) is 15.1 Å². The summed E-state index contributed by atoms with van der Waals surface area (Å²) >= 11 is 0. The summed E-state index contributed by atoms with van der Waals surface area (Å²) in [7, 11) is 0. The molecule has 1 saturated carbocycles. The molecule has 5 heteroatoms. The highest BCUT2D eigenvalue weighted by Gasteiger charge is 2.35. The van der Waals surface area contributed by atoms with Crippen LogP contribution in [0.15, 0.2) is 0 Å². The van der Waals surface area contributed by atoms with Crippen molar-refractivity contribution in [3.63, 3.8) is 0 Å². The highest BCUT2D eigenvalue weighted by Crippen LogP contribution is 2.34. The van der Waals surface area contributed by atoms with Gasteiger partial charge in [0, 0.05) is 38.3 Å². The van der Waals surface area contributed by atoms with Crippen molar-refractivity contribution in [2.24, 2.45) is 5.92 Å². The lowest BCUT2D eigenvalue weighted by Crippen LogP contribution is -2.52. The molecule has 0 aromatic carbocycles. The first-order valence-electron chi connectivity index (χ1n) is 9.61. The number of rotatable bonds is 4. The molecule has 23 heavy (non-hydrogen) atoms. The second kappa shape index (κ2) is 8.34. The van der Waals surface area contributed by atoms with E-state index in [4.69, 9.17) is 4.74 Å².